The van der Waals surface area contributed by atoms with Crippen molar-refractivity contribution in [2.24, 2.45) is 5.73 Å². The van der Waals surface area contributed by atoms with E-state index in [4.69, 9.17) is 10.5 Å². The Balaban J connectivity index is 3.02. The molecule has 94 valence electrons. The van der Waals surface area contributed by atoms with Gasteiger partial charge in [0.1, 0.15) is 11.5 Å². The molecule has 0 aromatic heterocycles. The molecule has 0 bridgehead atoms. The summed E-state index contributed by atoms with van der Waals surface area (Å²) in [4.78, 5) is 13.6. The summed E-state index contributed by atoms with van der Waals surface area (Å²) in [5.41, 5.74) is 5.72. The van der Waals surface area contributed by atoms with Crippen LogP contribution in [-0.4, -0.2) is 42.7 Å². The number of phenols is 1. The summed E-state index contributed by atoms with van der Waals surface area (Å²) in [6, 6.07) is 4.45. The van der Waals surface area contributed by atoms with Crippen LogP contribution in [0, 0.1) is 0 Å². The van der Waals surface area contributed by atoms with Crippen LogP contribution < -0.4 is 10.5 Å². The van der Waals surface area contributed by atoms with Gasteiger partial charge in [0.05, 0.1) is 12.7 Å². The van der Waals surface area contributed by atoms with Gasteiger partial charge in [-0.3, -0.25) is 4.79 Å². The minimum Gasteiger partial charge on any atom is -0.507 e. The van der Waals surface area contributed by atoms with E-state index < -0.39 is 0 Å². The number of ether oxygens (including phenoxy) is 1. The van der Waals surface area contributed by atoms with Crippen molar-refractivity contribution < 1.29 is 14.6 Å². The first-order chi connectivity index (χ1) is 8.01. The Hall–Kier alpha value is -1.75. The highest BCUT2D eigenvalue weighted by Crippen LogP contribution is 2.24. The molecule has 1 aromatic rings. The van der Waals surface area contributed by atoms with E-state index in [1.165, 1.54) is 24.1 Å². The second-order valence-corrected chi connectivity index (χ2v) is 3.88. The van der Waals surface area contributed by atoms with Crippen LogP contribution in [0.2, 0.25) is 0 Å². The number of methoxy groups -OCH3 is 1. The third-order valence-electron chi connectivity index (χ3n) is 2.76. The molecule has 5 heteroatoms. The van der Waals surface area contributed by atoms with Crippen molar-refractivity contribution in [1.82, 2.24) is 4.90 Å². The van der Waals surface area contributed by atoms with Crippen LogP contribution >= 0.6 is 0 Å². The van der Waals surface area contributed by atoms with Crippen LogP contribution in [0.25, 0.3) is 0 Å². The first-order valence-corrected chi connectivity index (χ1v) is 5.35. The van der Waals surface area contributed by atoms with E-state index in [1.54, 1.807) is 13.1 Å². The van der Waals surface area contributed by atoms with Crippen molar-refractivity contribution in [3.8, 4) is 11.5 Å². The number of carbonyl (C=O) groups excluding carboxylic acids is 1. The highest BCUT2D eigenvalue weighted by Gasteiger charge is 2.19. The Labute approximate surface area is 101 Å². The number of hydrogen-bond donors (Lipinski definition) is 2. The molecule has 1 rings (SSSR count). The summed E-state index contributed by atoms with van der Waals surface area (Å²) in [5, 5.41) is 9.67. The largest absolute Gasteiger partial charge is 0.507 e. The van der Waals surface area contributed by atoms with Gasteiger partial charge in [0.2, 0.25) is 0 Å². The van der Waals surface area contributed by atoms with Crippen LogP contribution in [0.15, 0.2) is 18.2 Å². The Morgan fingerprint density at radius 1 is 1.59 bits per heavy atom. The average Bonchev–Trinajstić information content (AvgIpc) is 2.36. The zero-order valence-electron chi connectivity index (χ0n) is 10.3. The van der Waals surface area contributed by atoms with E-state index >= 15 is 0 Å². The maximum atomic E-state index is 12.1. The lowest BCUT2D eigenvalue weighted by atomic mass is 10.1. The predicted octanol–water partition coefficient (Wildman–Crippen LogP) is 0.820. The number of rotatable bonds is 4. The normalized spacial score (nSPS) is 12.0. The highest BCUT2D eigenvalue weighted by atomic mass is 16.5. The van der Waals surface area contributed by atoms with Gasteiger partial charge in [0.15, 0.2) is 0 Å². The van der Waals surface area contributed by atoms with Gasteiger partial charge < -0.3 is 20.5 Å². The van der Waals surface area contributed by atoms with Crippen molar-refractivity contribution >= 4 is 5.91 Å². The number of hydrogen-bond acceptors (Lipinski definition) is 4. The molecule has 0 heterocycles. The van der Waals surface area contributed by atoms with Gasteiger partial charge >= 0.3 is 0 Å². The monoisotopic (exact) mass is 238 g/mol. The van der Waals surface area contributed by atoms with Gasteiger partial charge in [-0.1, -0.05) is 0 Å². The van der Waals surface area contributed by atoms with E-state index in [9.17, 15) is 9.90 Å². The molecule has 1 atom stereocenters. The molecule has 1 aromatic carbocycles. The number of benzene rings is 1. The molecule has 3 N–H and O–H groups in total. The number of phenolic OH excluding ortho intramolecular Hbond substituents is 1. The number of nitrogens with zero attached hydrogens (tertiary/aromatic N) is 1. The van der Waals surface area contributed by atoms with Crippen molar-refractivity contribution in [3.63, 3.8) is 0 Å². The molecule has 0 aliphatic carbocycles. The van der Waals surface area contributed by atoms with Gasteiger partial charge in [0.25, 0.3) is 5.91 Å². The maximum absolute atomic E-state index is 12.1. The van der Waals surface area contributed by atoms with Crippen LogP contribution in [0.4, 0.5) is 0 Å². The average molecular weight is 238 g/mol. The van der Waals surface area contributed by atoms with E-state index in [0.717, 1.165) is 0 Å². The SMILES string of the molecule is COc1ccc(O)c(C(=O)N(C)C(C)CN)c1. The third kappa shape index (κ3) is 2.88. The van der Waals surface area contributed by atoms with Gasteiger partial charge in [-0.25, -0.2) is 0 Å². The minimum atomic E-state index is -0.278. The van der Waals surface area contributed by atoms with E-state index in [0.29, 0.717) is 12.3 Å². The fraction of sp³-hybridized carbons (Fsp3) is 0.417. The Morgan fingerprint density at radius 2 is 2.24 bits per heavy atom. The lowest BCUT2D eigenvalue weighted by Crippen LogP contribution is -2.39. The summed E-state index contributed by atoms with van der Waals surface area (Å²) in [6.45, 7) is 2.21. The number of nitrogens with two attached hydrogens (primary N) is 1. The second kappa shape index (κ2) is 5.54. The molecular formula is C12H18N2O3. The standard InChI is InChI=1S/C12H18N2O3/c1-8(7-13)14(2)12(16)10-6-9(17-3)4-5-11(10)15/h4-6,8,15H,7,13H2,1-3H3. The topological polar surface area (TPSA) is 75.8 Å². The second-order valence-electron chi connectivity index (χ2n) is 3.88. The first kappa shape index (κ1) is 13.3. The van der Waals surface area contributed by atoms with Crippen molar-refractivity contribution in [2.75, 3.05) is 20.7 Å². The number of amides is 1. The van der Waals surface area contributed by atoms with Crippen molar-refractivity contribution in [1.29, 1.82) is 0 Å². The Kier molecular flexibility index (Phi) is 4.34. The lowest BCUT2D eigenvalue weighted by molar-refractivity contribution is 0.0745. The highest BCUT2D eigenvalue weighted by molar-refractivity contribution is 5.97. The molecule has 0 saturated heterocycles. The number of carbonyl (C=O) groups is 1. The van der Waals surface area contributed by atoms with Gasteiger partial charge in [0, 0.05) is 19.6 Å². The maximum Gasteiger partial charge on any atom is 0.257 e. The van der Waals surface area contributed by atoms with Gasteiger partial charge in [-0.05, 0) is 25.1 Å². The fourth-order valence-corrected chi connectivity index (χ4v) is 1.36. The fourth-order valence-electron chi connectivity index (χ4n) is 1.36. The molecule has 5 nitrogen and oxygen atoms in total. The molecule has 0 radical (unpaired) electrons. The molecule has 0 spiro atoms. The molecular weight excluding hydrogens is 220 g/mol. The van der Waals surface area contributed by atoms with Crippen LogP contribution in [0.1, 0.15) is 17.3 Å². The van der Waals surface area contributed by atoms with Gasteiger partial charge in [-0.2, -0.15) is 0 Å². The zero-order chi connectivity index (χ0) is 13.0. The predicted molar refractivity (Wildman–Crippen MR) is 65.3 cm³/mol. The Bertz CT molecular complexity index is 407. The van der Waals surface area contributed by atoms with Crippen LogP contribution in [0.5, 0.6) is 11.5 Å². The first-order valence-electron chi connectivity index (χ1n) is 5.35. The quantitative estimate of drug-likeness (QED) is 0.814. The van der Waals surface area contributed by atoms with Crippen molar-refractivity contribution in [3.05, 3.63) is 23.8 Å². The molecule has 1 amide bonds. The lowest BCUT2D eigenvalue weighted by Gasteiger charge is -2.24. The summed E-state index contributed by atoms with van der Waals surface area (Å²) in [7, 11) is 3.16. The summed E-state index contributed by atoms with van der Waals surface area (Å²) >= 11 is 0. The van der Waals surface area contributed by atoms with E-state index in [-0.39, 0.29) is 23.3 Å². The van der Waals surface area contributed by atoms with E-state index in [1.807, 2.05) is 6.92 Å². The minimum absolute atomic E-state index is 0.0631. The van der Waals surface area contributed by atoms with E-state index in [2.05, 4.69) is 0 Å². The Morgan fingerprint density at radius 3 is 2.76 bits per heavy atom. The molecule has 0 fully saturated rings. The molecule has 0 saturated carbocycles. The molecule has 0 aliphatic heterocycles. The smallest absolute Gasteiger partial charge is 0.257 e. The summed E-state index contributed by atoms with van der Waals surface area (Å²) in [6.07, 6.45) is 0. The molecule has 1 unspecified atom stereocenters. The summed E-state index contributed by atoms with van der Waals surface area (Å²) < 4.78 is 5.02. The number of aromatic hydroxyl groups is 1. The zero-order valence-corrected chi connectivity index (χ0v) is 10.3. The number of likely N-dealkylation sites (N-methyl/N-ethyl adjacent to an activating group) is 1. The third-order valence-corrected chi connectivity index (χ3v) is 2.76. The summed E-state index contributed by atoms with van der Waals surface area (Å²) in [5.74, 6) is 0.186. The van der Waals surface area contributed by atoms with Crippen LogP contribution in [0.3, 0.4) is 0 Å². The van der Waals surface area contributed by atoms with Gasteiger partial charge in [-0.15, -0.1) is 0 Å². The molecule has 17 heavy (non-hydrogen) atoms. The van der Waals surface area contributed by atoms with Crippen molar-refractivity contribution in [2.45, 2.75) is 13.0 Å². The van der Waals surface area contributed by atoms with Crippen LogP contribution in [-0.2, 0) is 0 Å². The molecule has 0 aliphatic rings.